The van der Waals surface area contributed by atoms with E-state index in [4.69, 9.17) is 5.73 Å². The molecule has 0 aliphatic rings. The van der Waals surface area contributed by atoms with Gasteiger partial charge in [0.05, 0.1) is 0 Å². The summed E-state index contributed by atoms with van der Waals surface area (Å²) in [5.74, 6) is -1.09. The molecule has 2 heterocycles. The highest BCUT2D eigenvalue weighted by Gasteiger charge is 2.16. The Morgan fingerprint density at radius 1 is 1.18 bits per heavy atom. The van der Waals surface area contributed by atoms with Crippen LogP contribution in [-0.4, -0.2) is 26.8 Å². The van der Waals surface area contributed by atoms with Gasteiger partial charge in [0, 0.05) is 11.8 Å². The maximum Gasteiger partial charge on any atom is 0.387 e. The summed E-state index contributed by atoms with van der Waals surface area (Å²) >= 11 is 0. The number of anilines is 2. The summed E-state index contributed by atoms with van der Waals surface area (Å²) in [5.41, 5.74) is 5.20. The van der Waals surface area contributed by atoms with Crippen LogP contribution in [0.3, 0.4) is 0 Å². The first-order chi connectivity index (χ1) is 10.5. The first-order valence-corrected chi connectivity index (χ1v) is 5.90. The van der Waals surface area contributed by atoms with Crippen LogP contribution in [0.4, 0.5) is 22.1 Å². The SMILES string of the molecule is NC(=O)c1ccnc(NC(=O)Nc2cccnc2[N+](=O)[O-])c1. The minimum atomic E-state index is -0.773. The average molecular weight is 302 g/mol. The van der Waals surface area contributed by atoms with Gasteiger partial charge in [-0.3, -0.25) is 10.1 Å². The van der Waals surface area contributed by atoms with Gasteiger partial charge in [0.15, 0.2) is 0 Å². The number of nitrogens with one attached hydrogen (secondary N) is 2. The number of nitrogens with two attached hydrogens (primary N) is 1. The number of hydrogen-bond acceptors (Lipinski definition) is 6. The molecule has 0 saturated carbocycles. The molecular formula is C12H10N6O4. The van der Waals surface area contributed by atoms with Gasteiger partial charge in [-0.15, -0.1) is 0 Å². The highest BCUT2D eigenvalue weighted by molar-refractivity contribution is 6.01. The van der Waals surface area contributed by atoms with Gasteiger partial charge in [-0.05, 0) is 34.2 Å². The molecule has 0 bridgehead atoms. The minimum absolute atomic E-state index is 0.0698. The van der Waals surface area contributed by atoms with Gasteiger partial charge < -0.3 is 21.2 Å². The summed E-state index contributed by atoms with van der Waals surface area (Å²) in [4.78, 5) is 40.3. The zero-order chi connectivity index (χ0) is 16.1. The zero-order valence-electron chi connectivity index (χ0n) is 11.0. The summed E-state index contributed by atoms with van der Waals surface area (Å²) in [5, 5.41) is 15.4. The lowest BCUT2D eigenvalue weighted by molar-refractivity contribution is -0.388. The lowest BCUT2D eigenvalue weighted by atomic mass is 10.2. The third kappa shape index (κ3) is 3.50. The van der Waals surface area contributed by atoms with Crippen LogP contribution in [0, 0.1) is 10.1 Å². The fraction of sp³-hybridized carbons (Fsp3) is 0. The molecule has 0 unspecified atom stereocenters. The van der Waals surface area contributed by atoms with Crippen molar-refractivity contribution in [3.63, 3.8) is 0 Å². The molecule has 0 fully saturated rings. The molecule has 2 aromatic heterocycles. The van der Waals surface area contributed by atoms with Gasteiger partial charge in [0.1, 0.15) is 17.7 Å². The minimum Gasteiger partial charge on any atom is -0.366 e. The van der Waals surface area contributed by atoms with E-state index < -0.39 is 22.7 Å². The molecule has 0 saturated heterocycles. The van der Waals surface area contributed by atoms with Crippen LogP contribution in [0.1, 0.15) is 10.4 Å². The Hall–Kier alpha value is -3.56. The number of nitro groups is 1. The predicted molar refractivity (Wildman–Crippen MR) is 76.3 cm³/mol. The van der Waals surface area contributed by atoms with Crippen molar-refractivity contribution in [2.24, 2.45) is 5.73 Å². The van der Waals surface area contributed by atoms with E-state index >= 15 is 0 Å². The van der Waals surface area contributed by atoms with Crippen molar-refractivity contribution in [3.8, 4) is 0 Å². The largest absolute Gasteiger partial charge is 0.387 e. The number of primary amides is 1. The summed E-state index contributed by atoms with van der Waals surface area (Å²) in [6, 6.07) is 4.66. The number of amides is 3. The van der Waals surface area contributed by atoms with Crippen molar-refractivity contribution in [2.75, 3.05) is 10.6 Å². The molecule has 0 aromatic carbocycles. The summed E-state index contributed by atoms with van der Waals surface area (Å²) in [6.45, 7) is 0. The second-order valence-corrected chi connectivity index (χ2v) is 4.00. The molecule has 0 aliphatic carbocycles. The van der Waals surface area contributed by atoms with Crippen molar-refractivity contribution >= 4 is 29.3 Å². The molecule has 4 N–H and O–H groups in total. The van der Waals surface area contributed by atoms with E-state index in [1.165, 1.54) is 36.7 Å². The standard InChI is InChI=1S/C12H10N6O4/c13-10(19)7-3-5-14-9(6-7)17-12(20)16-8-2-1-4-15-11(8)18(21)22/h1-6H,(H2,13,19)(H2,14,16,17,20). The van der Waals surface area contributed by atoms with Gasteiger partial charge in [0.2, 0.25) is 5.91 Å². The zero-order valence-corrected chi connectivity index (χ0v) is 11.0. The lowest BCUT2D eigenvalue weighted by Crippen LogP contribution is -2.21. The van der Waals surface area contributed by atoms with Gasteiger partial charge in [-0.2, -0.15) is 0 Å². The number of carbonyl (C=O) groups is 2. The Labute approximate surface area is 123 Å². The van der Waals surface area contributed by atoms with E-state index in [0.29, 0.717) is 0 Å². The Morgan fingerprint density at radius 2 is 1.95 bits per heavy atom. The molecule has 112 valence electrons. The quantitative estimate of drug-likeness (QED) is 0.568. The summed E-state index contributed by atoms with van der Waals surface area (Å²) in [7, 11) is 0. The van der Waals surface area contributed by atoms with E-state index in [2.05, 4.69) is 20.6 Å². The molecule has 3 amide bonds. The van der Waals surface area contributed by atoms with Crippen molar-refractivity contribution in [2.45, 2.75) is 0 Å². The number of rotatable bonds is 4. The highest BCUT2D eigenvalue weighted by Crippen LogP contribution is 2.20. The summed E-state index contributed by atoms with van der Waals surface area (Å²) in [6.07, 6.45) is 2.53. The number of aromatic nitrogens is 2. The van der Waals surface area contributed by atoms with Gasteiger partial charge in [-0.1, -0.05) is 0 Å². The normalized spacial score (nSPS) is 9.82. The number of carbonyl (C=O) groups excluding carboxylic acids is 2. The second kappa shape index (κ2) is 6.26. The van der Waals surface area contributed by atoms with Gasteiger partial charge in [0.25, 0.3) is 0 Å². The molecule has 22 heavy (non-hydrogen) atoms. The number of nitrogens with zero attached hydrogens (tertiary/aromatic N) is 3. The van der Waals surface area contributed by atoms with Crippen molar-refractivity contribution in [3.05, 3.63) is 52.3 Å². The fourth-order valence-corrected chi connectivity index (χ4v) is 1.56. The average Bonchev–Trinajstić information content (AvgIpc) is 2.47. The van der Waals surface area contributed by atoms with E-state index in [-0.39, 0.29) is 17.1 Å². The molecular weight excluding hydrogens is 292 g/mol. The lowest BCUT2D eigenvalue weighted by Gasteiger charge is -2.07. The first-order valence-electron chi connectivity index (χ1n) is 5.90. The molecule has 0 aliphatic heterocycles. The molecule has 0 atom stereocenters. The third-order valence-corrected chi connectivity index (χ3v) is 2.49. The number of urea groups is 1. The number of hydrogen-bond donors (Lipinski definition) is 3. The predicted octanol–water partition coefficient (Wildman–Crippen LogP) is 1.13. The number of pyridine rings is 2. The molecule has 10 heteroatoms. The molecule has 0 radical (unpaired) electrons. The third-order valence-electron chi connectivity index (χ3n) is 2.49. The van der Waals surface area contributed by atoms with Crippen LogP contribution >= 0.6 is 0 Å². The van der Waals surface area contributed by atoms with Gasteiger partial charge >= 0.3 is 11.8 Å². The van der Waals surface area contributed by atoms with Crippen LogP contribution in [0.2, 0.25) is 0 Å². The van der Waals surface area contributed by atoms with E-state index in [9.17, 15) is 19.7 Å². The fourth-order valence-electron chi connectivity index (χ4n) is 1.56. The van der Waals surface area contributed by atoms with Crippen LogP contribution in [0.25, 0.3) is 0 Å². The molecule has 10 nitrogen and oxygen atoms in total. The smallest absolute Gasteiger partial charge is 0.366 e. The van der Waals surface area contributed by atoms with Crippen molar-refractivity contribution < 1.29 is 14.5 Å². The molecule has 2 rings (SSSR count). The van der Waals surface area contributed by atoms with Crippen molar-refractivity contribution in [1.29, 1.82) is 0 Å². The van der Waals surface area contributed by atoms with Crippen molar-refractivity contribution in [1.82, 2.24) is 9.97 Å². The van der Waals surface area contributed by atoms with E-state index in [0.717, 1.165) is 0 Å². The maximum atomic E-state index is 11.8. The Morgan fingerprint density at radius 3 is 2.64 bits per heavy atom. The van der Waals surface area contributed by atoms with E-state index in [1.807, 2.05) is 0 Å². The van der Waals surface area contributed by atoms with Crippen LogP contribution in [0.15, 0.2) is 36.7 Å². The maximum absolute atomic E-state index is 11.8. The van der Waals surface area contributed by atoms with E-state index in [1.54, 1.807) is 0 Å². The Balaban J connectivity index is 2.12. The van der Waals surface area contributed by atoms with Crippen LogP contribution < -0.4 is 16.4 Å². The van der Waals surface area contributed by atoms with Crippen LogP contribution in [0.5, 0.6) is 0 Å². The topological polar surface area (TPSA) is 153 Å². The Bertz CT molecular complexity index is 748. The summed E-state index contributed by atoms with van der Waals surface area (Å²) < 4.78 is 0. The molecule has 0 spiro atoms. The molecule has 2 aromatic rings. The second-order valence-electron chi connectivity index (χ2n) is 4.00. The first kappa shape index (κ1) is 14.8. The Kier molecular flexibility index (Phi) is 4.22. The highest BCUT2D eigenvalue weighted by atomic mass is 16.6. The van der Waals surface area contributed by atoms with Gasteiger partial charge in [-0.25, -0.2) is 9.78 Å². The van der Waals surface area contributed by atoms with Crippen LogP contribution in [-0.2, 0) is 0 Å². The monoisotopic (exact) mass is 302 g/mol.